The highest BCUT2D eigenvalue weighted by Crippen LogP contribution is 2.33. The summed E-state index contributed by atoms with van der Waals surface area (Å²) in [7, 11) is -0.670. The van der Waals surface area contributed by atoms with Gasteiger partial charge < -0.3 is 9.15 Å². The number of ether oxygens (including phenoxy) is 1. The summed E-state index contributed by atoms with van der Waals surface area (Å²) < 4.78 is 38.7. The zero-order valence-corrected chi connectivity index (χ0v) is 18.0. The number of hydrogen-bond donors (Lipinski definition) is 0. The van der Waals surface area contributed by atoms with Crippen molar-refractivity contribution in [3.05, 3.63) is 59.5 Å². The molecule has 0 aliphatic heterocycles. The van der Waals surface area contributed by atoms with Crippen LogP contribution in [0.1, 0.15) is 36.8 Å². The van der Waals surface area contributed by atoms with E-state index in [0.717, 1.165) is 11.1 Å². The minimum Gasteiger partial charge on any atom is -0.496 e. The maximum absolute atomic E-state index is 13.2. The fourth-order valence-corrected chi connectivity index (χ4v) is 4.40. The fraction of sp³-hybridized carbons (Fsp3) is 0.333. The van der Waals surface area contributed by atoms with Crippen molar-refractivity contribution in [3.63, 3.8) is 0 Å². The third kappa shape index (κ3) is 4.33. The number of hydrogen-bond acceptors (Lipinski definition) is 6. The second kappa shape index (κ2) is 8.34. The summed E-state index contributed by atoms with van der Waals surface area (Å²) >= 11 is 0. The Labute approximate surface area is 171 Å². The molecule has 154 valence electrons. The first kappa shape index (κ1) is 21.0. The number of benzene rings is 2. The van der Waals surface area contributed by atoms with Gasteiger partial charge in [0.05, 0.1) is 18.6 Å². The third-order valence-electron chi connectivity index (χ3n) is 4.68. The quantitative estimate of drug-likeness (QED) is 0.580. The van der Waals surface area contributed by atoms with Crippen LogP contribution in [0.15, 0.2) is 51.8 Å². The summed E-state index contributed by atoms with van der Waals surface area (Å²) in [5.74, 6) is 1.39. The molecule has 1 aromatic heterocycles. The molecular formula is C21H25N3O4S. The van der Waals surface area contributed by atoms with E-state index in [1.54, 1.807) is 26.2 Å². The van der Waals surface area contributed by atoms with Crippen molar-refractivity contribution in [3.8, 4) is 17.2 Å². The summed E-state index contributed by atoms with van der Waals surface area (Å²) in [4.78, 5) is 0.243. The Morgan fingerprint density at radius 2 is 1.83 bits per heavy atom. The number of sulfonamides is 1. The first-order valence-electron chi connectivity index (χ1n) is 9.26. The third-order valence-corrected chi connectivity index (χ3v) is 6.63. The lowest BCUT2D eigenvalue weighted by Crippen LogP contribution is -2.27. The smallest absolute Gasteiger partial charge is 0.247 e. The Kier molecular flexibility index (Phi) is 6.04. The monoisotopic (exact) mass is 415 g/mol. The number of aryl methyl sites for hydroxylation is 1. The lowest BCUT2D eigenvalue weighted by molar-refractivity contribution is 0.398. The first-order chi connectivity index (χ1) is 13.7. The molecular weight excluding hydrogens is 390 g/mol. The van der Waals surface area contributed by atoms with Crippen LogP contribution in [0.4, 0.5) is 0 Å². The zero-order valence-electron chi connectivity index (χ0n) is 17.2. The van der Waals surface area contributed by atoms with E-state index >= 15 is 0 Å². The average Bonchev–Trinajstić information content (AvgIpc) is 3.16. The molecule has 8 heteroatoms. The first-order valence-corrected chi connectivity index (χ1v) is 10.7. The lowest BCUT2D eigenvalue weighted by atomic mass is 10.0. The SMILES string of the molecule is COc1cc(C)c(S(=O)(=O)N(C)Cc2nnc(-c3ccccc3)o2)cc1C(C)C. The second-order valence-electron chi connectivity index (χ2n) is 7.14. The fourth-order valence-electron chi connectivity index (χ4n) is 3.04. The number of aromatic nitrogens is 2. The predicted molar refractivity (Wildman–Crippen MR) is 110 cm³/mol. The van der Waals surface area contributed by atoms with Gasteiger partial charge in [-0.15, -0.1) is 10.2 Å². The maximum atomic E-state index is 13.2. The highest BCUT2D eigenvalue weighted by molar-refractivity contribution is 7.89. The van der Waals surface area contributed by atoms with Gasteiger partial charge in [-0.1, -0.05) is 32.0 Å². The van der Waals surface area contributed by atoms with Gasteiger partial charge >= 0.3 is 0 Å². The number of rotatable bonds is 7. The van der Waals surface area contributed by atoms with Crippen LogP contribution in [0, 0.1) is 6.92 Å². The molecule has 3 aromatic rings. The van der Waals surface area contributed by atoms with Gasteiger partial charge in [-0.2, -0.15) is 4.31 Å². The molecule has 0 saturated heterocycles. The topological polar surface area (TPSA) is 85.5 Å². The summed E-state index contributed by atoms with van der Waals surface area (Å²) in [6.07, 6.45) is 0. The Morgan fingerprint density at radius 3 is 2.45 bits per heavy atom. The summed E-state index contributed by atoms with van der Waals surface area (Å²) in [6.45, 7) is 5.73. The maximum Gasteiger partial charge on any atom is 0.247 e. The van der Waals surface area contributed by atoms with Crippen LogP contribution in [0.3, 0.4) is 0 Å². The molecule has 0 bridgehead atoms. The highest BCUT2D eigenvalue weighted by Gasteiger charge is 2.27. The van der Waals surface area contributed by atoms with E-state index in [-0.39, 0.29) is 23.2 Å². The van der Waals surface area contributed by atoms with Crippen LogP contribution in [0.25, 0.3) is 11.5 Å². The zero-order chi connectivity index (χ0) is 21.2. The van der Waals surface area contributed by atoms with Crippen molar-refractivity contribution in [1.82, 2.24) is 14.5 Å². The van der Waals surface area contributed by atoms with Gasteiger partial charge in [0.2, 0.25) is 21.8 Å². The van der Waals surface area contributed by atoms with Crippen molar-refractivity contribution >= 4 is 10.0 Å². The largest absolute Gasteiger partial charge is 0.496 e. The molecule has 0 aliphatic carbocycles. The molecule has 0 saturated carbocycles. The van der Waals surface area contributed by atoms with Gasteiger partial charge in [0, 0.05) is 12.6 Å². The van der Waals surface area contributed by atoms with E-state index in [0.29, 0.717) is 17.2 Å². The molecule has 7 nitrogen and oxygen atoms in total. The van der Waals surface area contributed by atoms with E-state index in [1.165, 1.54) is 11.4 Å². The van der Waals surface area contributed by atoms with E-state index in [1.807, 2.05) is 44.2 Å². The van der Waals surface area contributed by atoms with Crippen molar-refractivity contribution in [2.45, 2.75) is 38.1 Å². The van der Waals surface area contributed by atoms with Crippen molar-refractivity contribution < 1.29 is 17.6 Å². The summed E-state index contributed by atoms with van der Waals surface area (Å²) in [5.41, 5.74) is 2.24. The van der Waals surface area contributed by atoms with Gasteiger partial charge in [0.1, 0.15) is 5.75 Å². The molecule has 1 heterocycles. The van der Waals surface area contributed by atoms with E-state index in [4.69, 9.17) is 9.15 Å². The minimum absolute atomic E-state index is 0.0232. The van der Waals surface area contributed by atoms with Crippen LogP contribution >= 0.6 is 0 Å². The number of methoxy groups -OCH3 is 1. The van der Waals surface area contributed by atoms with Gasteiger partial charge in [-0.3, -0.25) is 0 Å². The summed E-state index contributed by atoms with van der Waals surface area (Å²) in [6, 6.07) is 12.8. The normalized spacial score (nSPS) is 12.0. The second-order valence-corrected chi connectivity index (χ2v) is 9.16. The van der Waals surface area contributed by atoms with Gasteiger partial charge in [-0.05, 0) is 48.2 Å². The van der Waals surface area contributed by atoms with Crippen molar-refractivity contribution in [2.75, 3.05) is 14.2 Å². The van der Waals surface area contributed by atoms with Crippen LogP contribution in [-0.2, 0) is 16.6 Å². The van der Waals surface area contributed by atoms with Gasteiger partial charge in [0.25, 0.3) is 0 Å². The molecule has 0 radical (unpaired) electrons. The average molecular weight is 416 g/mol. The molecule has 29 heavy (non-hydrogen) atoms. The minimum atomic E-state index is -3.75. The van der Waals surface area contributed by atoms with Crippen LogP contribution in [0.5, 0.6) is 5.75 Å². The molecule has 0 spiro atoms. The Bertz CT molecular complexity index is 1090. The lowest BCUT2D eigenvalue weighted by Gasteiger charge is -2.20. The van der Waals surface area contributed by atoms with Crippen molar-refractivity contribution in [1.29, 1.82) is 0 Å². The van der Waals surface area contributed by atoms with E-state index in [9.17, 15) is 8.42 Å². The summed E-state index contributed by atoms with van der Waals surface area (Å²) in [5, 5.41) is 8.01. The standard InChI is InChI=1S/C21H25N3O4S/c1-14(2)17-12-19(15(3)11-18(17)27-5)29(25,26)24(4)13-20-22-23-21(28-20)16-9-7-6-8-10-16/h6-12,14H,13H2,1-5H3. The molecule has 0 atom stereocenters. The molecule has 0 fully saturated rings. The molecule has 3 rings (SSSR count). The Hall–Kier alpha value is -2.71. The predicted octanol–water partition coefficient (Wildman–Crippen LogP) is 4.00. The Balaban J connectivity index is 1.88. The van der Waals surface area contributed by atoms with Crippen LogP contribution in [-0.4, -0.2) is 37.1 Å². The van der Waals surface area contributed by atoms with E-state index in [2.05, 4.69) is 10.2 Å². The van der Waals surface area contributed by atoms with Crippen molar-refractivity contribution in [2.24, 2.45) is 0 Å². The van der Waals surface area contributed by atoms with Gasteiger partial charge in [0.15, 0.2) is 0 Å². The molecule has 0 N–H and O–H groups in total. The van der Waals surface area contributed by atoms with Gasteiger partial charge in [-0.25, -0.2) is 8.42 Å². The highest BCUT2D eigenvalue weighted by atomic mass is 32.2. The Morgan fingerprint density at radius 1 is 1.14 bits per heavy atom. The molecule has 0 amide bonds. The van der Waals surface area contributed by atoms with Crippen LogP contribution in [0.2, 0.25) is 0 Å². The molecule has 0 aliphatic rings. The van der Waals surface area contributed by atoms with Crippen LogP contribution < -0.4 is 4.74 Å². The molecule has 0 unspecified atom stereocenters. The molecule has 2 aromatic carbocycles. The number of nitrogens with zero attached hydrogens (tertiary/aromatic N) is 3. The van der Waals surface area contributed by atoms with E-state index < -0.39 is 10.0 Å².